The molecule has 1 atom stereocenters. The summed E-state index contributed by atoms with van der Waals surface area (Å²) in [5.41, 5.74) is 2.02. The number of para-hydroxylation sites is 1. The highest BCUT2D eigenvalue weighted by molar-refractivity contribution is 7.93. The van der Waals surface area contributed by atoms with Crippen LogP contribution in [0.3, 0.4) is 0 Å². The Morgan fingerprint density at radius 1 is 1.24 bits per heavy atom. The van der Waals surface area contributed by atoms with Crippen molar-refractivity contribution in [2.45, 2.75) is 50.3 Å². The summed E-state index contributed by atoms with van der Waals surface area (Å²) in [6.07, 6.45) is 4.62. The maximum Gasteiger partial charge on any atom is 0.238 e. The minimum atomic E-state index is -3.16. The lowest BCUT2D eigenvalue weighted by atomic mass is 10.0. The van der Waals surface area contributed by atoms with Crippen LogP contribution in [0.1, 0.15) is 50.6 Å². The zero-order valence-corrected chi connectivity index (χ0v) is 13.4. The van der Waals surface area contributed by atoms with E-state index in [1.165, 1.54) is 0 Å². The molecule has 0 aromatic heterocycles. The molecule has 1 N–H and O–H groups in total. The van der Waals surface area contributed by atoms with Crippen molar-refractivity contribution in [1.29, 1.82) is 0 Å². The number of sulfonamides is 1. The highest BCUT2D eigenvalue weighted by Crippen LogP contribution is 2.39. The van der Waals surface area contributed by atoms with Gasteiger partial charge in [0.2, 0.25) is 10.0 Å². The van der Waals surface area contributed by atoms with Crippen LogP contribution < -0.4 is 9.62 Å². The Morgan fingerprint density at radius 2 is 2.00 bits per heavy atom. The number of nitrogens with one attached hydrogen (secondary N) is 1. The predicted molar refractivity (Wildman–Crippen MR) is 86.0 cm³/mol. The van der Waals surface area contributed by atoms with E-state index < -0.39 is 10.0 Å². The van der Waals surface area contributed by atoms with E-state index in [-0.39, 0.29) is 11.3 Å². The molecular formula is C16H24N2O2S. The number of fused-ring (bicyclic) bond motifs is 1. The van der Waals surface area contributed by atoms with E-state index in [2.05, 4.69) is 18.3 Å². The van der Waals surface area contributed by atoms with Crippen molar-refractivity contribution in [3.05, 3.63) is 29.8 Å². The van der Waals surface area contributed by atoms with Gasteiger partial charge in [-0.3, -0.25) is 4.31 Å². The molecule has 21 heavy (non-hydrogen) atoms. The van der Waals surface area contributed by atoms with E-state index >= 15 is 0 Å². The maximum atomic E-state index is 12.7. The average Bonchev–Trinajstić information content (AvgIpc) is 3.32. The third-order valence-corrected chi connectivity index (χ3v) is 6.64. The van der Waals surface area contributed by atoms with Gasteiger partial charge < -0.3 is 5.32 Å². The van der Waals surface area contributed by atoms with Crippen LogP contribution in [0.25, 0.3) is 0 Å². The van der Waals surface area contributed by atoms with Gasteiger partial charge in [-0.1, -0.05) is 25.1 Å². The Balaban J connectivity index is 1.96. The molecule has 1 aromatic carbocycles. The number of nitrogens with zero attached hydrogens (tertiary/aromatic N) is 1. The predicted octanol–water partition coefficient (Wildman–Crippen LogP) is 2.82. The second-order valence-corrected chi connectivity index (χ2v) is 8.16. The topological polar surface area (TPSA) is 49.4 Å². The molecule has 1 heterocycles. The molecule has 1 fully saturated rings. The minimum absolute atomic E-state index is 0.147. The van der Waals surface area contributed by atoms with Gasteiger partial charge in [-0.15, -0.1) is 0 Å². The Morgan fingerprint density at radius 3 is 2.71 bits per heavy atom. The molecule has 1 aliphatic heterocycles. The zero-order chi connectivity index (χ0) is 14.9. The fourth-order valence-electron chi connectivity index (χ4n) is 3.07. The standard InChI is InChI=1S/C16H24N2O2S/c1-2-11-17-15-7-5-12-18(21(19,20)13-9-10-13)16-8-4-3-6-14(15)16/h3-4,6,8,13,15,17H,2,5,7,9-12H2,1H3. The Bertz CT molecular complexity index is 596. The number of rotatable bonds is 5. The van der Waals surface area contributed by atoms with Crippen LogP contribution >= 0.6 is 0 Å². The monoisotopic (exact) mass is 308 g/mol. The van der Waals surface area contributed by atoms with Crippen molar-refractivity contribution in [2.75, 3.05) is 17.4 Å². The number of anilines is 1. The molecule has 0 bridgehead atoms. The molecule has 1 saturated carbocycles. The molecule has 4 nitrogen and oxygen atoms in total. The Labute approximate surface area is 127 Å². The molecule has 1 aromatic rings. The van der Waals surface area contributed by atoms with Gasteiger partial charge in [-0.05, 0) is 50.3 Å². The molecule has 0 radical (unpaired) electrons. The highest BCUT2D eigenvalue weighted by Gasteiger charge is 2.41. The van der Waals surface area contributed by atoms with Crippen molar-refractivity contribution in [1.82, 2.24) is 5.32 Å². The lowest BCUT2D eigenvalue weighted by Gasteiger charge is -2.25. The first-order valence-electron chi connectivity index (χ1n) is 7.98. The molecule has 2 aliphatic rings. The first-order chi connectivity index (χ1) is 10.1. The lowest BCUT2D eigenvalue weighted by Crippen LogP contribution is -2.34. The number of hydrogen-bond acceptors (Lipinski definition) is 3. The summed E-state index contributed by atoms with van der Waals surface area (Å²) >= 11 is 0. The molecule has 3 rings (SSSR count). The van der Waals surface area contributed by atoms with E-state index in [0.29, 0.717) is 6.54 Å². The largest absolute Gasteiger partial charge is 0.310 e. The zero-order valence-electron chi connectivity index (χ0n) is 12.6. The van der Waals surface area contributed by atoms with Crippen LogP contribution in [0.15, 0.2) is 24.3 Å². The second kappa shape index (κ2) is 5.97. The number of benzene rings is 1. The van der Waals surface area contributed by atoms with Crippen LogP contribution in [-0.2, 0) is 10.0 Å². The van der Waals surface area contributed by atoms with Crippen molar-refractivity contribution < 1.29 is 8.42 Å². The van der Waals surface area contributed by atoms with Crippen LogP contribution in [0.4, 0.5) is 5.69 Å². The smallest absolute Gasteiger partial charge is 0.238 e. The van der Waals surface area contributed by atoms with Crippen LogP contribution in [0.2, 0.25) is 0 Å². The molecular weight excluding hydrogens is 284 g/mol. The molecule has 116 valence electrons. The van der Waals surface area contributed by atoms with E-state index in [0.717, 1.165) is 49.9 Å². The summed E-state index contributed by atoms with van der Waals surface area (Å²) < 4.78 is 27.1. The van der Waals surface area contributed by atoms with Gasteiger partial charge in [-0.25, -0.2) is 8.42 Å². The fourth-order valence-corrected chi connectivity index (χ4v) is 4.98. The summed E-state index contributed by atoms with van der Waals surface area (Å²) in [5, 5.41) is 3.42. The van der Waals surface area contributed by atoms with E-state index in [4.69, 9.17) is 0 Å². The summed E-state index contributed by atoms with van der Waals surface area (Å²) in [5.74, 6) is 0. The Kier molecular flexibility index (Phi) is 4.22. The van der Waals surface area contributed by atoms with E-state index in [1.807, 2.05) is 18.2 Å². The molecule has 0 amide bonds. The third-order valence-electron chi connectivity index (χ3n) is 4.33. The highest BCUT2D eigenvalue weighted by atomic mass is 32.2. The van der Waals surface area contributed by atoms with Gasteiger partial charge in [0.1, 0.15) is 0 Å². The molecule has 5 heteroatoms. The minimum Gasteiger partial charge on any atom is -0.310 e. The third kappa shape index (κ3) is 2.94. The van der Waals surface area contributed by atoms with E-state index in [1.54, 1.807) is 4.31 Å². The summed E-state index contributed by atoms with van der Waals surface area (Å²) in [4.78, 5) is 0. The molecule has 1 unspecified atom stereocenters. The molecule has 1 aliphatic carbocycles. The van der Waals surface area contributed by atoms with Gasteiger partial charge in [0.05, 0.1) is 10.9 Å². The summed E-state index contributed by atoms with van der Waals surface area (Å²) in [6.45, 7) is 3.73. The van der Waals surface area contributed by atoms with E-state index in [9.17, 15) is 8.42 Å². The molecule has 0 spiro atoms. The normalized spacial score (nSPS) is 22.7. The summed E-state index contributed by atoms with van der Waals surface area (Å²) in [6, 6.07) is 8.24. The van der Waals surface area contributed by atoms with Crippen LogP contribution in [0.5, 0.6) is 0 Å². The number of hydrogen-bond donors (Lipinski definition) is 1. The fraction of sp³-hybridized carbons (Fsp3) is 0.625. The van der Waals surface area contributed by atoms with Crippen molar-refractivity contribution in [3.63, 3.8) is 0 Å². The van der Waals surface area contributed by atoms with Gasteiger partial charge in [-0.2, -0.15) is 0 Å². The first-order valence-corrected chi connectivity index (χ1v) is 9.48. The van der Waals surface area contributed by atoms with Gasteiger partial charge in [0.15, 0.2) is 0 Å². The summed E-state index contributed by atoms with van der Waals surface area (Å²) in [7, 11) is -3.16. The van der Waals surface area contributed by atoms with Gasteiger partial charge in [0.25, 0.3) is 0 Å². The average molecular weight is 308 g/mol. The molecule has 0 saturated heterocycles. The van der Waals surface area contributed by atoms with Crippen molar-refractivity contribution in [3.8, 4) is 0 Å². The SMILES string of the molecule is CCCNC1CCCN(S(=O)(=O)C2CC2)c2ccccc21. The Hall–Kier alpha value is -1.07. The van der Waals surface area contributed by atoms with Crippen molar-refractivity contribution >= 4 is 15.7 Å². The van der Waals surface area contributed by atoms with Crippen LogP contribution in [0, 0.1) is 0 Å². The second-order valence-electron chi connectivity index (χ2n) is 6.02. The van der Waals surface area contributed by atoms with Gasteiger partial charge >= 0.3 is 0 Å². The van der Waals surface area contributed by atoms with Crippen LogP contribution in [-0.4, -0.2) is 26.8 Å². The maximum absolute atomic E-state index is 12.7. The first kappa shape index (κ1) is 14.9. The van der Waals surface area contributed by atoms with Gasteiger partial charge in [0, 0.05) is 12.6 Å². The van der Waals surface area contributed by atoms with Crippen molar-refractivity contribution in [2.24, 2.45) is 0 Å². The quantitative estimate of drug-likeness (QED) is 0.910. The lowest BCUT2D eigenvalue weighted by molar-refractivity contribution is 0.497.